The number of aliphatic hydroxyl groups is 1. The minimum absolute atomic E-state index is 0.118. The zero-order valence-electron chi connectivity index (χ0n) is 8.07. The van der Waals surface area contributed by atoms with Gasteiger partial charge in [0, 0.05) is 0 Å². The highest BCUT2D eigenvalue weighted by molar-refractivity contribution is 5.66. The van der Waals surface area contributed by atoms with E-state index in [0.717, 1.165) is 11.3 Å². The summed E-state index contributed by atoms with van der Waals surface area (Å²) in [6, 6.07) is 0. The molecule has 0 fully saturated rings. The smallest absolute Gasteiger partial charge is 0.132 e. The van der Waals surface area contributed by atoms with Crippen molar-refractivity contribution >= 4 is 5.57 Å². The third kappa shape index (κ3) is 2.22. The number of halogens is 1. The van der Waals surface area contributed by atoms with Crippen LogP contribution in [0.1, 0.15) is 17.9 Å². The van der Waals surface area contributed by atoms with E-state index in [4.69, 9.17) is 5.11 Å². The molecule has 0 radical (unpaired) electrons. The lowest BCUT2D eigenvalue weighted by Crippen LogP contribution is -1.87. The summed E-state index contributed by atoms with van der Waals surface area (Å²) in [5, 5.41) is 8.85. The van der Waals surface area contributed by atoms with E-state index in [2.05, 4.69) is 9.97 Å². The van der Waals surface area contributed by atoms with Crippen LogP contribution in [0.3, 0.4) is 0 Å². The van der Waals surface area contributed by atoms with Gasteiger partial charge in [-0.05, 0) is 24.1 Å². The lowest BCUT2D eigenvalue weighted by molar-refractivity contribution is 0.272. The molecule has 0 atom stereocenters. The second-order valence-corrected chi connectivity index (χ2v) is 3.25. The Balaban J connectivity index is 2.27. The van der Waals surface area contributed by atoms with Crippen LogP contribution in [0.2, 0.25) is 0 Å². The fourth-order valence-electron chi connectivity index (χ4n) is 1.41. The van der Waals surface area contributed by atoms with Crippen molar-refractivity contribution in [3.63, 3.8) is 0 Å². The molecule has 2 N–H and O–H groups in total. The monoisotopic (exact) mass is 206 g/mol. The van der Waals surface area contributed by atoms with Crippen LogP contribution >= 0.6 is 0 Å². The van der Waals surface area contributed by atoms with Gasteiger partial charge in [0.2, 0.25) is 0 Å². The molecule has 0 aliphatic heterocycles. The molecular weight excluding hydrogens is 195 g/mol. The Morgan fingerprint density at radius 3 is 3.07 bits per heavy atom. The van der Waals surface area contributed by atoms with Gasteiger partial charge in [-0.15, -0.1) is 0 Å². The standard InChI is InChI=1S/C11H11FN2O/c12-9-3-1-2-8(4-5-9)10-6-13-11(7-15)14-10/h1,3-6,15H,2,7H2,(H,13,14). The second kappa shape index (κ2) is 4.23. The van der Waals surface area contributed by atoms with E-state index < -0.39 is 0 Å². The van der Waals surface area contributed by atoms with E-state index >= 15 is 0 Å². The molecule has 2 rings (SSSR count). The lowest BCUT2D eigenvalue weighted by atomic mass is 10.1. The Bertz CT molecular complexity index is 443. The van der Waals surface area contributed by atoms with Gasteiger partial charge in [0.1, 0.15) is 18.3 Å². The summed E-state index contributed by atoms with van der Waals surface area (Å²) >= 11 is 0. The minimum Gasteiger partial charge on any atom is -0.388 e. The number of hydrogen-bond donors (Lipinski definition) is 2. The molecule has 1 aromatic heterocycles. The van der Waals surface area contributed by atoms with Gasteiger partial charge in [-0.3, -0.25) is 0 Å². The van der Waals surface area contributed by atoms with Crippen LogP contribution in [-0.2, 0) is 6.61 Å². The van der Waals surface area contributed by atoms with E-state index in [0.29, 0.717) is 12.2 Å². The Hall–Kier alpha value is -1.68. The van der Waals surface area contributed by atoms with Gasteiger partial charge in [-0.2, -0.15) is 0 Å². The highest BCUT2D eigenvalue weighted by Gasteiger charge is 2.05. The van der Waals surface area contributed by atoms with Gasteiger partial charge in [0.05, 0.1) is 11.9 Å². The Morgan fingerprint density at radius 2 is 2.33 bits per heavy atom. The highest BCUT2D eigenvalue weighted by atomic mass is 19.1. The number of nitrogens with one attached hydrogen (secondary N) is 1. The van der Waals surface area contributed by atoms with Crippen LogP contribution < -0.4 is 0 Å². The average molecular weight is 206 g/mol. The number of nitrogens with zero attached hydrogens (tertiary/aromatic N) is 1. The van der Waals surface area contributed by atoms with Crippen molar-refractivity contribution in [2.24, 2.45) is 0 Å². The fourth-order valence-corrected chi connectivity index (χ4v) is 1.41. The first kappa shape index (κ1) is 9.86. The molecule has 78 valence electrons. The molecule has 0 unspecified atom stereocenters. The van der Waals surface area contributed by atoms with Gasteiger partial charge < -0.3 is 10.1 Å². The molecular formula is C11H11FN2O. The van der Waals surface area contributed by atoms with E-state index in [1.54, 1.807) is 18.3 Å². The van der Waals surface area contributed by atoms with Crippen molar-refractivity contribution < 1.29 is 9.50 Å². The van der Waals surface area contributed by atoms with E-state index in [1.807, 2.05) is 0 Å². The molecule has 0 bridgehead atoms. The highest BCUT2D eigenvalue weighted by Crippen LogP contribution is 2.20. The van der Waals surface area contributed by atoms with Crippen LogP contribution in [0.25, 0.3) is 5.57 Å². The third-order valence-corrected chi connectivity index (χ3v) is 2.18. The maximum absolute atomic E-state index is 12.9. The zero-order chi connectivity index (χ0) is 10.7. The molecule has 1 heterocycles. The van der Waals surface area contributed by atoms with E-state index in [1.165, 1.54) is 12.2 Å². The predicted octanol–water partition coefficient (Wildman–Crippen LogP) is 2.10. The molecule has 1 aliphatic carbocycles. The second-order valence-electron chi connectivity index (χ2n) is 3.25. The summed E-state index contributed by atoms with van der Waals surface area (Å²) in [4.78, 5) is 6.93. The Kier molecular flexibility index (Phi) is 2.78. The average Bonchev–Trinajstić information content (AvgIpc) is 2.62. The summed E-state index contributed by atoms with van der Waals surface area (Å²) < 4.78 is 12.9. The predicted molar refractivity (Wildman–Crippen MR) is 55.4 cm³/mol. The van der Waals surface area contributed by atoms with Crippen LogP contribution in [-0.4, -0.2) is 15.1 Å². The molecule has 1 aliphatic rings. The lowest BCUT2D eigenvalue weighted by Gasteiger charge is -1.98. The van der Waals surface area contributed by atoms with Crippen molar-refractivity contribution in [2.75, 3.05) is 0 Å². The van der Waals surface area contributed by atoms with Crippen LogP contribution in [0.4, 0.5) is 4.39 Å². The first-order valence-electron chi connectivity index (χ1n) is 4.67. The molecule has 0 aromatic carbocycles. The van der Waals surface area contributed by atoms with Crippen LogP contribution in [0.5, 0.6) is 0 Å². The van der Waals surface area contributed by atoms with Gasteiger partial charge in [0.25, 0.3) is 0 Å². The zero-order valence-corrected chi connectivity index (χ0v) is 8.07. The molecule has 0 saturated carbocycles. The first-order chi connectivity index (χ1) is 7.29. The molecule has 3 nitrogen and oxygen atoms in total. The number of imidazole rings is 1. The molecule has 0 amide bonds. The summed E-state index contributed by atoms with van der Waals surface area (Å²) in [5.74, 6) is 0.260. The van der Waals surface area contributed by atoms with Crippen molar-refractivity contribution in [1.82, 2.24) is 9.97 Å². The minimum atomic E-state index is -0.258. The maximum atomic E-state index is 12.9. The third-order valence-electron chi connectivity index (χ3n) is 2.18. The summed E-state index contributed by atoms with van der Waals surface area (Å²) in [7, 11) is 0. The number of hydrogen-bond acceptors (Lipinski definition) is 2. The first-order valence-corrected chi connectivity index (χ1v) is 4.67. The van der Waals surface area contributed by atoms with Gasteiger partial charge in [-0.1, -0.05) is 12.2 Å². The number of H-pyrrole nitrogens is 1. The fraction of sp³-hybridized carbons (Fsp3) is 0.182. The Labute approximate surface area is 86.7 Å². The topological polar surface area (TPSA) is 48.9 Å². The normalized spacial score (nSPS) is 15.9. The summed E-state index contributed by atoms with van der Waals surface area (Å²) in [6.07, 6.45) is 8.61. The largest absolute Gasteiger partial charge is 0.388 e. The summed E-state index contributed by atoms with van der Waals surface area (Å²) in [6.45, 7) is -0.118. The number of rotatable bonds is 2. The van der Waals surface area contributed by atoms with Crippen molar-refractivity contribution in [2.45, 2.75) is 13.0 Å². The summed E-state index contributed by atoms with van der Waals surface area (Å²) in [5.41, 5.74) is 1.76. The van der Waals surface area contributed by atoms with Crippen molar-refractivity contribution in [3.05, 3.63) is 47.8 Å². The molecule has 15 heavy (non-hydrogen) atoms. The van der Waals surface area contributed by atoms with E-state index in [-0.39, 0.29) is 12.4 Å². The number of aliphatic hydroxyl groups excluding tert-OH is 1. The number of allylic oxidation sites excluding steroid dienone is 6. The van der Waals surface area contributed by atoms with Crippen LogP contribution in [0.15, 0.2) is 36.3 Å². The molecule has 0 spiro atoms. The van der Waals surface area contributed by atoms with Crippen molar-refractivity contribution in [1.29, 1.82) is 0 Å². The SMILES string of the molecule is OCc1ncc(C2=CC=C(F)C=CC2)[nH]1. The van der Waals surface area contributed by atoms with Crippen LogP contribution in [0, 0.1) is 0 Å². The molecule has 1 aromatic rings. The van der Waals surface area contributed by atoms with Gasteiger partial charge in [0.15, 0.2) is 0 Å². The van der Waals surface area contributed by atoms with Crippen molar-refractivity contribution in [3.8, 4) is 0 Å². The molecule has 0 saturated heterocycles. The molecule has 4 heteroatoms. The number of aromatic nitrogens is 2. The van der Waals surface area contributed by atoms with E-state index in [9.17, 15) is 4.39 Å². The maximum Gasteiger partial charge on any atom is 0.132 e. The quantitative estimate of drug-likeness (QED) is 0.778. The van der Waals surface area contributed by atoms with Gasteiger partial charge >= 0.3 is 0 Å². The number of aromatic amines is 1. The van der Waals surface area contributed by atoms with Gasteiger partial charge in [-0.25, -0.2) is 9.37 Å². The Morgan fingerprint density at radius 1 is 1.47 bits per heavy atom.